The van der Waals surface area contributed by atoms with E-state index < -0.39 is 0 Å². The van der Waals surface area contributed by atoms with Crippen molar-refractivity contribution in [3.63, 3.8) is 0 Å². The number of ether oxygens (including phenoxy) is 1. The molecule has 1 saturated carbocycles. The fraction of sp³-hybridized carbons (Fsp3) is 0.562. The van der Waals surface area contributed by atoms with E-state index in [0.717, 1.165) is 24.2 Å². The molecule has 0 aliphatic heterocycles. The van der Waals surface area contributed by atoms with E-state index in [0.29, 0.717) is 11.0 Å². The zero-order chi connectivity index (χ0) is 13.2. The van der Waals surface area contributed by atoms with Gasteiger partial charge in [0, 0.05) is 0 Å². The predicted octanol–water partition coefficient (Wildman–Crippen LogP) is 4.21. The molecule has 1 aliphatic carbocycles. The lowest BCUT2D eigenvalue weighted by molar-refractivity contribution is 0.0985. The van der Waals surface area contributed by atoms with Crippen molar-refractivity contribution in [3.05, 3.63) is 29.3 Å². The second kappa shape index (κ2) is 5.02. The van der Waals surface area contributed by atoms with Gasteiger partial charge in [0.25, 0.3) is 0 Å². The van der Waals surface area contributed by atoms with E-state index in [9.17, 15) is 0 Å². The topological polar surface area (TPSA) is 33.0 Å². The molecule has 1 aliphatic rings. The van der Waals surface area contributed by atoms with Crippen molar-refractivity contribution in [1.82, 2.24) is 0 Å². The highest BCUT2D eigenvalue weighted by Gasteiger charge is 2.28. The summed E-state index contributed by atoms with van der Waals surface area (Å²) in [5.74, 6) is 0.752. The van der Waals surface area contributed by atoms with Crippen molar-refractivity contribution in [1.29, 1.82) is 5.26 Å². The van der Waals surface area contributed by atoms with E-state index in [1.807, 2.05) is 25.1 Å². The van der Waals surface area contributed by atoms with Crippen LogP contribution in [-0.2, 0) is 0 Å². The predicted molar refractivity (Wildman–Crippen MR) is 72.6 cm³/mol. The number of nitrogens with zero attached hydrogens (tertiary/aromatic N) is 1. The van der Waals surface area contributed by atoms with Crippen molar-refractivity contribution in [2.75, 3.05) is 0 Å². The van der Waals surface area contributed by atoms with E-state index in [2.05, 4.69) is 19.9 Å². The van der Waals surface area contributed by atoms with Gasteiger partial charge in [-0.1, -0.05) is 19.9 Å². The van der Waals surface area contributed by atoms with Crippen LogP contribution in [0.5, 0.6) is 5.75 Å². The van der Waals surface area contributed by atoms with Crippen molar-refractivity contribution < 1.29 is 4.74 Å². The van der Waals surface area contributed by atoms with Crippen molar-refractivity contribution >= 4 is 0 Å². The third kappa shape index (κ3) is 3.04. The van der Waals surface area contributed by atoms with Crippen LogP contribution in [0.4, 0.5) is 0 Å². The maximum atomic E-state index is 9.09. The number of benzene rings is 1. The lowest BCUT2D eigenvalue weighted by atomic mass is 9.76. The molecule has 18 heavy (non-hydrogen) atoms. The molecule has 0 atom stereocenters. The van der Waals surface area contributed by atoms with Crippen molar-refractivity contribution in [3.8, 4) is 11.8 Å². The highest BCUT2D eigenvalue weighted by molar-refractivity contribution is 5.45. The average molecular weight is 243 g/mol. The molecule has 0 bridgehead atoms. The van der Waals surface area contributed by atoms with E-state index in [1.165, 1.54) is 12.8 Å². The SMILES string of the molecule is Cc1ccc(C#N)c(OC2CCC(C)(C)CC2)c1. The Morgan fingerprint density at radius 2 is 1.94 bits per heavy atom. The van der Waals surface area contributed by atoms with Crippen LogP contribution in [0.3, 0.4) is 0 Å². The van der Waals surface area contributed by atoms with Crippen LogP contribution in [0.25, 0.3) is 0 Å². The van der Waals surface area contributed by atoms with Crippen molar-refractivity contribution in [2.24, 2.45) is 5.41 Å². The Balaban J connectivity index is 2.07. The van der Waals surface area contributed by atoms with Crippen LogP contribution in [0, 0.1) is 23.7 Å². The Kier molecular flexibility index (Phi) is 3.61. The zero-order valence-electron chi connectivity index (χ0n) is 11.5. The fourth-order valence-electron chi connectivity index (χ4n) is 2.49. The quantitative estimate of drug-likeness (QED) is 0.779. The molecule has 0 N–H and O–H groups in total. The second-order valence-electron chi connectivity index (χ2n) is 6.09. The van der Waals surface area contributed by atoms with Crippen LogP contribution in [0.1, 0.15) is 50.7 Å². The van der Waals surface area contributed by atoms with E-state index >= 15 is 0 Å². The Morgan fingerprint density at radius 1 is 1.28 bits per heavy atom. The molecule has 1 aromatic rings. The molecule has 0 amide bonds. The summed E-state index contributed by atoms with van der Waals surface area (Å²) in [6, 6.07) is 7.97. The molecule has 0 spiro atoms. The third-order valence-electron chi connectivity index (χ3n) is 3.84. The first-order valence-electron chi connectivity index (χ1n) is 6.68. The van der Waals surface area contributed by atoms with Gasteiger partial charge in [0.1, 0.15) is 11.8 Å². The number of aryl methyl sites for hydroxylation is 1. The number of rotatable bonds is 2. The zero-order valence-corrected chi connectivity index (χ0v) is 11.5. The fourth-order valence-corrected chi connectivity index (χ4v) is 2.49. The first-order chi connectivity index (χ1) is 8.50. The Morgan fingerprint density at radius 3 is 2.56 bits per heavy atom. The summed E-state index contributed by atoms with van der Waals surface area (Å²) in [7, 11) is 0. The molecule has 0 radical (unpaired) electrons. The number of nitriles is 1. The molecule has 0 unspecified atom stereocenters. The lowest BCUT2D eigenvalue weighted by Gasteiger charge is -2.34. The molecule has 0 saturated heterocycles. The first-order valence-corrected chi connectivity index (χ1v) is 6.68. The highest BCUT2D eigenvalue weighted by atomic mass is 16.5. The Hall–Kier alpha value is -1.49. The minimum absolute atomic E-state index is 0.270. The highest BCUT2D eigenvalue weighted by Crippen LogP contribution is 2.37. The number of hydrogen-bond acceptors (Lipinski definition) is 2. The van der Waals surface area contributed by atoms with Gasteiger partial charge in [-0.15, -0.1) is 0 Å². The molecule has 1 aromatic carbocycles. The van der Waals surface area contributed by atoms with Gasteiger partial charge >= 0.3 is 0 Å². The van der Waals surface area contributed by atoms with Gasteiger partial charge in [0.2, 0.25) is 0 Å². The third-order valence-corrected chi connectivity index (χ3v) is 3.84. The summed E-state index contributed by atoms with van der Waals surface area (Å²) in [5, 5.41) is 9.09. The molecule has 2 heteroatoms. The summed E-state index contributed by atoms with van der Waals surface area (Å²) in [4.78, 5) is 0. The standard InChI is InChI=1S/C16H21NO/c1-12-4-5-13(11-17)15(10-12)18-14-6-8-16(2,3)9-7-14/h4-5,10,14H,6-9H2,1-3H3. The number of hydrogen-bond donors (Lipinski definition) is 0. The molecule has 96 valence electrons. The molecule has 0 heterocycles. The van der Waals surface area contributed by atoms with Gasteiger partial charge in [-0.3, -0.25) is 0 Å². The summed E-state index contributed by atoms with van der Waals surface area (Å²) in [5.41, 5.74) is 2.23. The van der Waals surface area contributed by atoms with Crippen LogP contribution < -0.4 is 4.74 Å². The first kappa shape index (κ1) is 13.0. The van der Waals surface area contributed by atoms with Crippen LogP contribution in [-0.4, -0.2) is 6.10 Å². The summed E-state index contributed by atoms with van der Waals surface area (Å²) >= 11 is 0. The minimum Gasteiger partial charge on any atom is -0.489 e. The summed E-state index contributed by atoms with van der Waals surface area (Å²) in [6.45, 7) is 6.66. The molecule has 0 aromatic heterocycles. The van der Waals surface area contributed by atoms with E-state index in [4.69, 9.17) is 10.00 Å². The van der Waals surface area contributed by atoms with Crippen LogP contribution in [0.2, 0.25) is 0 Å². The maximum Gasteiger partial charge on any atom is 0.137 e. The summed E-state index contributed by atoms with van der Waals surface area (Å²) in [6.07, 6.45) is 4.85. The van der Waals surface area contributed by atoms with E-state index in [-0.39, 0.29) is 6.10 Å². The van der Waals surface area contributed by atoms with Gasteiger partial charge in [0.15, 0.2) is 0 Å². The lowest BCUT2D eigenvalue weighted by Crippen LogP contribution is -2.28. The summed E-state index contributed by atoms with van der Waals surface area (Å²) < 4.78 is 6.03. The average Bonchev–Trinajstić information content (AvgIpc) is 2.32. The van der Waals surface area contributed by atoms with E-state index in [1.54, 1.807) is 0 Å². The van der Waals surface area contributed by atoms with Gasteiger partial charge in [0.05, 0.1) is 11.7 Å². The normalized spacial score (nSPS) is 19.2. The van der Waals surface area contributed by atoms with Crippen LogP contribution in [0.15, 0.2) is 18.2 Å². The molecule has 1 fully saturated rings. The Bertz CT molecular complexity index is 460. The van der Waals surface area contributed by atoms with Crippen molar-refractivity contribution in [2.45, 2.75) is 52.6 Å². The Labute approximate surface area is 110 Å². The minimum atomic E-state index is 0.270. The van der Waals surface area contributed by atoms with Gasteiger partial charge in [-0.2, -0.15) is 5.26 Å². The largest absolute Gasteiger partial charge is 0.489 e. The molecule has 2 nitrogen and oxygen atoms in total. The van der Waals surface area contributed by atoms with Gasteiger partial charge in [-0.25, -0.2) is 0 Å². The second-order valence-corrected chi connectivity index (χ2v) is 6.09. The maximum absolute atomic E-state index is 9.09. The van der Waals surface area contributed by atoms with Gasteiger partial charge < -0.3 is 4.74 Å². The van der Waals surface area contributed by atoms with Gasteiger partial charge in [-0.05, 0) is 55.7 Å². The molecule has 2 rings (SSSR count). The van der Waals surface area contributed by atoms with Crippen LogP contribution >= 0.6 is 0 Å². The smallest absolute Gasteiger partial charge is 0.137 e. The molecular weight excluding hydrogens is 222 g/mol. The molecular formula is C16H21NO. The monoisotopic (exact) mass is 243 g/mol.